The van der Waals surface area contributed by atoms with Gasteiger partial charge in [0.25, 0.3) is 0 Å². The van der Waals surface area contributed by atoms with Crippen LogP contribution in [-0.2, 0) is 0 Å². The first kappa shape index (κ1) is 22.4. The predicted molar refractivity (Wildman–Crippen MR) is 133 cm³/mol. The van der Waals surface area contributed by atoms with Gasteiger partial charge < -0.3 is 9.47 Å². The van der Waals surface area contributed by atoms with E-state index in [0.717, 1.165) is 44.2 Å². The van der Waals surface area contributed by atoms with E-state index in [-0.39, 0.29) is 16.5 Å². The molecule has 0 aliphatic carbocycles. The van der Waals surface area contributed by atoms with E-state index in [2.05, 4.69) is 0 Å². The number of rotatable bonds is 6. The summed E-state index contributed by atoms with van der Waals surface area (Å²) in [6.07, 6.45) is 0. The molecular formula is C27H24Cl2O3. The number of methoxy groups -OCH3 is 2. The number of carbonyl (C=O) groups excluding carboxylic acids is 1. The van der Waals surface area contributed by atoms with Crippen LogP contribution in [0.25, 0.3) is 21.5 Å². The van der Waals surface area contributed by atoms with Gasteiger partial charge in [-0.15, -0.1) is 23.2 Å². The summed E-state index contributed by atoms with van der Waals surface area (Å²) in [5, 5.41) is 3.11. The van der Waals surface area contributed by atoms with Crippen LogP contribution in [0, 0.1) is 0 Å². The fraction of sp³-hybridized carbons (Fsp3) is 0.222. The molecule has 0 aliphatic rings. The van der Waals surface area contributed by atoms with Crippen molar-refractivity contribution < 1.29 is 14.3 Å². The number of benzene rings is 4. The van der Waals surface area contributed by atoms with Crippen LogP contribution >= 0.6 is 23.2 Å². The summed E-state index contributed by atoms with van der Waals surface area (Å²) in [6, 6.07) is 19.1. The van der Waals surface area contributed by atoms with Crippen LogP contribution in [-0.4, -0.2) is 20.0 Å². The number of hydrogen-bond donors (Lipinski definition) is 0. The monoisotopic (exact) mass is 466 g/mol. The van der Waals surface area contributed by atoms with Crippen molar-refractivity contribution >= 4 is 50.5 Å². The number of alkyl halides is 2. The second-order valence-corrected chi connectivity index (χ2v) is 9.10. The van der Waals surface area contributed by atoms with Crippen molar-refractivity contribution in [2.75, 3.05) is 14.2 Å². The van der Waals surface area contributed by atoms with E-state index in [1.165, 1.54) is 0 Å². The van der Waals surface area contributed by atoms with Crippen LogP contribution in [0.5, 0.6) is 11.5 Å². The van der Waals surface area contributed by atoms with E-state index < -0.39 is 0 Å². The lowest BCUT2D eigenvalue weighted by Crippen LogP contribution is -2.10. The summed E-state index contributed by atoms with van der Waals surface area (Å²) in [7, 11) is 3.27. The molecule has 0 spiro atoms. The first-order valence-corrected chi connectivity index (χ1v) is 11.3. The second kappa shape index (κ2) is 9.01. The minimum Gasteiger partial charge on any atom is -0.497 e. The lowest BCUT2D eigenvalue weighted by molar-refractivity contribution is 0.103. The molecule has 0 saturated carbocycles. The summed E-state index contributed by atoms with van der Waals surface area (Å²) in [4.78, 5) is 13.9. The molecule has 0 radical (unpaired) electrons. The van der Waals surface area contributed by atoms with Gasteiger partial charge >= 0.3 is 0 Å². The Morgan fingerprint density at radius 1 is 0.688 bits per heavy atom. The number of hydrogen-bond acceptors (Lipinski definition) is 3. The Labute approximate surface area is 197 Å². The van der Waals surface area contributed by atoms with Gasteiger partial charge in [-0.25, -0.2) is 0 Å². The molecule has 2 unspecified atom stereocenters. The minimum atomic E-state index is -0.354. The maximum atomic E-state index is 13.9. The highest BCUT2D eigenvalue weighted by atomic mass is 35.5. The third kappa shape index (κ3) is 3.92. The molecule has 0 aromatic heterocycles. The molecule has 4 aromatic carbocycles. The number of fused-ring (bicyclic) bond motifs is 2. The minimum absolute atomic E-state index is 0.0922. The van der Waals surface area contributed by atoms with Gasteiger partial charge in [-0.05, 0) is 70.8 Å². The van der Waals surface area contributed by atoms with Gasteiger partial charge in [0.15, 0.2) is 5.78 Å². The van der Waals surface area contributed by atoms with E-state index in [0.29, 0.717) is 11.1 Å². The zero-order valence-electron chi connectivity index (χ0n) is 18.4. The van der Waals surface area contributed by atoms with Crippen molar-refractivity contribution in [1.29, 1.82) is 0 Å². The molecule has 0 heterocycles. The molecule has 0 bridgehead atoms. The lowest BCUT2D eigenvalue weighted by Gasteiger charge is -2.18. The third-order valence-electron chi connectivity index (χ3n) is 5.82. The van der Waals surface area contributed by atoms with E-state index >= 15 is 0 Å². The number of halogens is 2. The van der Waals surface area contributed by atoms with Gasteiger partial charge in [0, 0.05) is 11.1 Å². The Kier molecular flexibility index (Phi) is 6.32. The highest BCUT2D eigenvalue weighted by molar-refractivity contribution is 6.25. The molecule has 2 atom stereocenters. The van der Waals surface area contributed by atoms with Gasteiger partial charge in [0.2, 0.25) is 0 Å². The topological polar surface area (TPSA) is 35.5 Å². The molecule has 3 nitrogen and oxygen atoms in total. The van der Waals surface area contributed by atoms with Crippen molar-refractivity contribution in [3.8, 4) is 11.5 Å². The maximum absolute atomic E-state index is 13.9. The Hall–Kier alpha value is -2.75. The smallest absolute Gasteiger partial charge is 0.193 e. The van der Waals surface area contributed by atoms with Crippen molar-refractivity contribution in [2.24, 2.45) is 0 Å². The first-order valence-electron chi connectivity index (χ1n) is 10.4. The molecular weight excluding hydrogens is 443 g/mol. The zero-order chi connectivity index (χ0) is 23.0. The van der Waals surface area contributed by atoms with Gasteiger partial charge in [-0.1, -0.05) is 36.4 Å². The Morgan fingerprint density at radius 2 is 1.09 bits per heavy atom. The maximum Gasteiger partial charge on any atom is 0.193 e. The van der Waals surface area contributed by atoms with Crippen molar-refractivity contribution in [3.63, 3.8) is 0 Å². The normalized spacial score (nSPS) is 13.2. The average Bonchev–Trinajstić information content (AvgIpc) is 2.80. The standard InChI is InChI=1S/C27H24Cl2O3/c1-15(28)25-21-11-7-19(31-3)13-17(21)5-9-23(25)27(30)24-10-6-18-14-20(32-4)8-12-22(18)26(24)16(2)29/h5-16H,1-4H3. The van der Waals surface area contributed by atoms with Crippen LogP contribution < -0.4 is 9.47 Å². The Bertz CT molecular complexity index is 1220. The molecule has 32 heavy (non-hydrogen) atoms. The van der Waals surface area contributed by atoms with Crippen LogP contribution in [0.2, 0.25) is 0 Å². The van der Waals surface area contributed by atoms with Crippen LogP contribution in [0.15, 0.2) is 60.7 Å². The highest BCUT2D eigenvalue weighted by Crippen LogP contribution is 2.38. The summed E-state index contributed by atoms with van der Waals surface area (Å²) >= 11 is 13.2. The molecule has 0 fully saturated rings. The quantitative estimate of drug-likeness (QED) is 0.214. The Balaban J connectivity index is 1.94. The van der Waals surface area contributed by atoms with Gasteiger partial charge in [-0.2, -0.15) is 0 Å². The summed E-state index contributed by atoms with van der Waals surface area (Å²) < 4.78 is 10.7. The summed E-state index contributed by atoms with van der Waals surface area (Å²) in [6.45, 7) is 3.77. The van der Waals surface area contributed by atoms with Gasteiger partial charge in [0.1, 0.15) is 11.5 Å². The van der Waals surface area contributed by atoms with Crippen LogP contribution in [0.4, 0.5) is 0 Å². The largest absolute Gasteiger partial charge is 0.497 e. The van der Waals surface area contributed by atoms with Crippen molar-refractivity contribution in [1.82, 2.24) is 0 Å². The van der Waals surface area contributed by atoms with E-state index in [4.69, 9.17) is 32.7 Å². The first-order chi connectivity index (χ1) is 15.3. The predicted octanol–water partition coefficient (Wildman–Crippen LogP) is 7.84. The van der Waals surface area contributed by atoms with Gasteiger partial charge in [0.05, 0.1) is 25.0 Å². The van der Waals surface area contributed by atoms with E-state index in [1.807, 2.05) is 74.5 Å². The van der Waals surface area contributed by atoms with Crippen molar-refractivity contribution in [2.45, 2.75) is 24.6 Å². The lowest BCUT2D eigenvalue weighted by atomic mass is 9.88. The second-order valence-electron chi connectivity index (χ2n) is 7.79. The number of ether oxygens (including phenoxy) is 2. The third-order valence-corrected chi connectivity index (χ3v) is 6.26. The molecule has 4 aromatic rings. The fourth-order valence-corrected chi connectivity index (χ4v) is 4.79. The zero-order valence-corrected chi connectivity index (χ0v) is 19.9. The molecule has 5 heteroatoms. The average molecular weight is 467 g/mol. The van der Waals surface area contributed by atoms with Gasteiger partial charge in [-0.3, -0.25) is 4.79 Å². The molecule has 0 aliphatic heterocycles. The molecule has 4 rings (SSSR count). The number of ketones is 1. The van der Waals surface area contributed by atoms with E-state index in [9.17, 15) is 4.79 Å². The highest BCUT2D eigenvalue weighted by Gasteiger charge is 2.24. The molecule has 164 valence electrons. The Morgan fingerprint density at radius 3 is 1.44 bits per heavy atom. The van der Waals surface area contributed by atoms with Crippen LogP contribution in [0.3, 0.4) is 0 Å². The SMILES string of the molecule is COc1ccc2c(C(C)Cl)c(C(=O)c3ccc4cc(OC)ccc4c3C(C)Cl)ccc2c1. The summed E-state index contributed by atoms with van der Waals surface area (Å²) in [5.41, 5.74) is 2.77. The molecule has 0 N–H and O–H groups in total. The van der Waals surface area contributed by atoms with E-state index in [1.54, 1.807) is 14.2 Å². The summed E-state index contributed by atoms with van der Waals surface area (Å²) in [5.74, 6) is 1.42. The van der Waals surface area contributed by atoms with Crippen molar-refractivity contribution in [3.05, 3.63) is 82.9 Å². The fourth-order valence-electron chi connectivity index (χ4n) is 4.32. The molecule has 0 amide bonds. The molecule has 0 saturated heterocycles. The van der Waals surface area contributed by atoms with Crippen LogP contribution in [0.1, 0.15) is 51.6 Å². The number of carbonyl (C=O) groups is 1.